The number of ether oxygens (including phenoxy) is 1. The summed E-state index contributed by atoms with van der Waals surface area (Å²) in [5.41, 5.74) is 1.18. The van der Waals surface area contributed by atoms with Gasteiger partial charge in [0.2, 0.25) is 0 Å². The summed E-state index contributed by atoms with van der Waals surface area (Å²) in [4.78, 5) is 23.4. The van der Waals surface area contributed by atoms with E-state index in [0.717, 1.165) is 12.8 Å². The zero-order valence-electron chi connectivity index (χ0n) is 13.1. The van der Waals surface area contributed by atoms with Crippen LogP contribution in [0.1, 0.15) is 28.8 Å². The van der Waals surface area contributed by atoms with Crippen LogP contribution in [0.4, 0.5) is 11.4 Å². The fourth-order valence-corrected chi connectivity index (χ4v) is 2.76. The third-order valence-electron chi connectivity index (χ3n) is 4.07. The van der Waals surface area contributed by atoms with Crippen molar-refractivity contribution in [1.82, 2.24) is 0 Å². The SMILES string of the molecule is O=C(c1ccccc1)c1ccc(NC2CCOCC2)c([N+](=O)[O-])c1. The lowest BCUT2D eigenvalue weighted by atomic mass is 10.0. The molecule has 1 saturated heterocycles. The van der Waals surface area contributed by atoms with E-state index in [0.29, 0.717) is 30.0 Å². The average molecular weight is 326 g/mol. The van der Waals surface area contributed by atoms with E-state index >= 15 is 0 Å². The number of ketones is 1. The number of nitro benzene ring substituents is 1. The standard InChI is InChI=1S/C18H18N2O4/c21-18(13-4-2-1-3-5-13)14-6-7-16(17(12-14)20(22)23)19-15-8-10-24-11-9-15/h1-7,12,15,19H,8-11H2. The Morgan fingerprint density at radius 1 is 1.08 bits per heavy atom. The number of benzene rings is 2. The van der Waals surface area contributed by atoms with Crippen LogP contribution >= 0.6 is 0 Å². The predicted octanol–water partition coefficient (Wildman–Crippen LogP) is 3.42. The lowest BCUT2D eigenvalue weighted by molar-refractivity contribution is -0.384. The lowest BCUT2D eigenvalue weighted by Gasteiger charge is -2.24. The molecule has 0 amide bonds. The highest BCUT2D eigenvalue weighted by atomic mass is 16.6. The van der Waals surface area contributed by atoms with E-state index in [4.69, 9.17) is 4.74 Å². The topological polar surface area (TPSA) is 81.5 Å². The molecule has 124 valence electrons. The van der Waals surface area contributed by atoms with Crippen molar-refractivity contribution in [3.63, 3.8) is 0 Å². The summed E-state index contributed by atoms with van der Waals surface area (Å²) < 4.78 is 5.30. The number of hydrogen-bond acceptors (Lipinski definition) is 5. The van der Waals surface area contributed by atoms with Gasteiger partial charge in [-0.1, -0.05) is 30.3 Å². The molecule has 1 fully saturated rings. The van der Waals surface area contributed by atoms with Crippen molar-refractivity contribution in [2.24, 2.45) is 0 Å². The van der Waals surface area contributed by atoms with Crippen LogP contribution in [0.25, 0.3) is 0 Å². The predicted molar refractivity (Wildman–Crippen MR) is 90.4 cm³/mol. The van der Waals surface area contributed by atoms with Gasteiger partial charge in [-0.25, -0.2) is 0 Å². The van der Waals surface area contributed by atoms with Gasteiger partial charge in [-0.15, -0.1) is 0 Å². The molecule has 0 radical (unpaired) electrons. The van der Waals surface area contributed by atoms with Gasteiger partial charge < -0.3 is 10.1 Å². The normalized spacial score (nSPS) is 15.0. The number of carbonyl (C=O) groups is 1. The summed E-state index contributed by atoms with van der Waals surface area (Å²) in [6.45, 7) is 1.30. The highest BCUT2D eigenvalue weighted by Gasteiger charge is 2.21. The third-order valence-corrected chi connectivity index (χ3v) is 4.07. The van der Waals surface area contributed by atoms with Crippen LogP contribution in [0, 0.1) is 10.1 Å². The summed E-state index contributed by atoms with van der Waals surface area (Å²) in [5, 5.41) is 14.6. The van der Waals surface area contributed by atoms with Gasteiger partial charge in [-0.2, -0.15) is 0 Å². The van der Waals surface area contributed by atoms with Gasteiger partial charge in [0.1, 0.15) is 5.69 Å². The maximum atomic E-state index is 12.5. The Morgan fingerprint density at radius 3 is 2.46 bits per heavy atom. The first kappa shape index (κ1) is 16.1. The molecule has 6 heteroatoms. The number of rotatable bonds is 5. The molecule has 2 aromatic carbocycles. The van der Waals surface area contributed by atoms with Gasteiger partial charge in [0.25, 0.3) is 5.69 Å². The molecule has 0 aliphatic carbocycles. The summed E-state index contributed by atoms with van der Waals surface area (Å²) >= 11 is 0. The second kappa shape index (κ2) is 7.23. The van der Waals surface area contributed by atoms with Gasteiger partial charge in [0.15, 0.2) is 5.78 Å². The van der Waals surface area contributed by atoms with E-state index in [1.807, 2.05) is 6.07 Å². The van der Waals surface area contributed by atoms with Gasteiger partial charge in [0, 0.05) is 36.4 Å². The molecule has 24 heavy (non-hydrogen) atoms. The van der Waals surface area contributed by atoms with Gasteiger partial charge >= 0.3 is 0 Å². The van der Waals surface area contributed by atoms with E-state index in [9.17, 15) is 14.9 Å². The smallest absolute Gasteiger partial charge is 0.293 e. The molecule has 2 aromatic rings. The first-order valence-electron chi connectivity index (χ1n) is 7.87. The van der Waals surface area contributed by atoms with E-state index in [-0.39, 0.29) is 17.5 Å². The molecule has 1 aliphatic rings. The molecule has 3 rings (SSSR count). The maximum absolute atomic E-state index is 12.5. The van der Waals surface area contributed by atoms with Crippen LogP contribution in [0.5, 0.6) is 0 Å². The number of nitro groups is 1. The summed E-state index contributed by atoms with van der Waals surface area (Å²) in [6.07, 6.45) is 1.61. The van der Waals surface area contributed by atoms with Gasteiger partial charge in [-0.05, 0) is 25.0 Å². The van der Waals surface area contributed by atoms with Crippen molar-refractivity contribution in [3.05, 3.63) is 69.8 Å². The zero-order valence-corrected chi connectivity index (χ0v) is 13.1. The Kier molecular flexibility index (Phi) is 4.86. The molecule has 0 saturated carbocycles. The van der Waals surface area contributed by atoms with Crippen LogP contribution in [0.2, 0.25) is 0 Å². The Labute approximate surface area is 139 Å². The number of anilines is 1. The van der Waals surface area contributed by atoms with Crippen LogP contribution < -0.4 is 5.32 Å². The Balaban J connectivity index is 1.87. The molecule has 1 heterocycles. The Bertz CT molecular complexity index is 740. The maximum Gasteiger partial charge on any atom is 0.293 e. The number of hydrogen-bond donors (Lipinski definition) is 1. The van der Waals surface area contributed by atoms with E-state index in [1.54, 1.807) is 36.4 Å². The molecular weight excluding hydrogens is 308 g/mol. The molecular formula is C18H18N2O4. The Hall–Kier alpha value is -2.73. The van der Waals surface area contributed by atoms with Gasteiger partial charge in [0.05, 0.1) is 4.92 Å². The average Bonchev–Trinajstić information content (AvgIpc) is 2.63. The van der Waals surface area contributed by atoms with E-state index < -0.39 is 4.92 Å². The number of carbonyl (C=O) groups excluding carboxylic acids is 1. The van der Waals surface area contributed by atoms with Crippen molar-refractivity contribution < 1.29 is 14.5 Å². The highest BCUT2D eigenvalue weighted by molar-refractivity contribution is 6.09. The molecule has 0 unspecified atom stereocenters. The Morgan fingerprint density at radius 2 is 1.79 bits per heavy atom. The molecule has 0 bridgehead atoms. The highest BCUT2D eigenvalue weighted by Crippen LogP contribution is 2.28. The van der Waals surface area contributed by atoms with Crippen LogP contribution in [0.15, 0.2) is 48.5 Å². The molecule has 0 atom stereocenters. The fourth-order valence-electron chi connectivity index (χ4n) is 2.76. The minimum absolute atomic E-state index is 0.0803. The quantitative estimate of drug-likeness (QED) is 0.517. The van der Waals surface area contributed by atoms with Crippen molar-refractivity contribution in [3.8, 4) is 0 Å². The molecule has 6 nitrogen and oxygen atoms in total. The summed E-state index contributed by atoms with van der Waals surface area (Å²) in [5.74, 6) is -0.226. The minimum Gasteiger partial charge on any atom is -0.381 e. The van der Waals surface area contributed by atoms with Crippen molar-refractivity contribution in [2.45, 2.75) is 18.9 Å². The fraction of sp³-hybridized carbons (Fsp3) is 0.278. The first-order chi connectivity index (χ1) is 11.6. The number of nitrogens with one attached hydrogen (secondary N) is 1. The van der Waals surface area contributed by atoms with E-state index in [1.165, 1.54) is 6.07 Å². The third kappa shape index (κ3) is 3.60. The lowest BCUT2D eigenvalue weighted by Crippen LogP contribution is -2.28. The van der Waals surface area contributed by atoms with Crippen molar-refractivity contribution in [1.29, 1.82) is 0 Å². The van der Waals surface area contributed by atoms with E-state index in [2.05, 4.69) is 5.32 Å². The zero-order chi connectivity index (χ0) is 16.9. The van der Waals surface area contributed by atoms with Crippen molar-refractivity contribution >= 4 is 17.2 Å². The summed E-state index contributed by atoms with van der Waals surface area (Å²) in [7, 11) is 0. The summed E-state index contributed by atoms with van der Waals surface area (Å²) in [6, 6.07) is 13.5. The molecule has 0 aromatic heterocycles. The van der Waals surface area contributed by atoms with Crippen molar-refractivity contribution in [2.75, 3.05) is 18.5 Å². The molecule has 0 spiro atoms. The molecule has 1 aliphatic heterocycles. The van der Waals surface area contributed by atoms with Crippen LogP contribution in [-0.2, 0) is 4.74 Å². The minimum atomic E-state index is -0.455. The largest absolute Gasteiger partial charge is 0.381 e. The van der Waals surface area contributed by atoms with Crippen LogP contribution in [0.3, 0.4) is 0 Å². The second-order valence-corrected chi connectivity index (χ2v) is 5.72. The molecule has 1 N–H and O–H groups in total. The van der Waals surface area contributed by atoms with Crippen LogP contribution in [-0.4, -0.2) is 30.0 Å². The van der Waals surface area contributed by atoms with Gasteiger partial charge in [-0.3, -0.25) is 14.9 Å². The second-order valence-electron chi connectivity index (χ2n) is 5.72. The number of nitrogens with zero attached hydrogens (tertiary/aromatic N) is 1. The first-order valence-corrected chi connectivity index (χ1v) is 7.87. The monoisotopic (exact) mass is 326 g/mol.